The number of carbonyl (C=O) groups is 1. The van der Waals surface area contributed by atoms with Gasteiger partial charge in [-0.1, -0.05) is 0 Å². The van der Waals surface area contributed by atoms with Crippen LogP contribution in [0.15, 0.2) is 0 Å². The van der Waals surface area contributed by atoms with Crippen LogP contribution in [-0.2, 0) is 4.79 Å². The Morgan fingerprint density at radius 1 is 1.14 bits per heavy atom. The number of hydrogen-bond acceptors (Lipinski definition) is 3. The van der Waals surface area contributed by atoms with Gasteiger partial charge in [-0.25, -0.2) is 0 Å². The summed E-state index contributed by atoms with van der Waals surface area (Å²) >= 11 is 0. The van der Waals surface area contributed by atoms with Crippen LogP contribution in [0, 0.1) is 40.9 Å². The Kier molecular flexibility index (Phi) is 3.86. The van der Waals surface area contributed by atoms with Crippen LogP contribution in [0.5, 0.6) is 0 Å². The lowest BCUT2D eigenvalue weighted by Gasteiger charge is -2.54. The van der Waals surface area contributed by atoms with Gasteiger partial charge < -0.3 is 10.2 Å². The first-order valence-electron chi connectivity index (χ1n) is 9.14. The van der Waals surface area contributed by atoms with E-state index in [9.17, 15) is 4.79 Å². The van der Waals surface area contributed by atoms with Crippen LogP contribution in [0.2, 0.25) is 0 Å². The zero-order valence-corrected chi connectivity index (χ0v) is 13.3. The van der Waals surface area contributed by atoms with Gasteiger partial charge >= 0.3 is 0 Å². The van der Waals surface area contributed by atoms with Crippen molar-refractivity contribution in [2.24, 2.45) is 29.6 Å². The summed E-state index contributed by atoms with van der Waals surface area (Å²) in [5.74, 6) is 4.77. The smallest absolute Gasteiger partial charge is 0.237 e. The van der Waals surface area contributed by atoms with Crippen LogP contribution in [0.3, 0.4) is 0 Å². The fraction of sp³-hybridized carbons (Fsp3) is 0.889. The third-order valence-electron chi connectivity index (χ3n) is 6.80. The van der Waals surface area contributed by atoms with Crippen LogP contribution < -0.4 is 5.32 Å². The van der Waals surface area contributed by atoms with Gasteiger partial charge in [-0.05, 0) is 81.1 Å². The van der Waals surface area contributed by atoms with Gasteiger partial charge in [0.25, 0.3) is 0 Å². The van der Waals surface area contributed by atoms with E-state index in [0.29, 0.717) is 6.54 Å². The molecule has 4 heteroatoms. The Morgan fingerprint density at radius 2 is 1.82 bits per heavy atom. The van der Waals surface area contributed by atoms with Gasteiger partial charge in [0.05, 0.1) is 12.6 Å². The Balaban J connectivity index is 1.27. The molecule has 4 nitrogen and oxygen atoms in total. The predicted octanol–water partition coefficient (Wildman–Crippen LogP) is 2.16. The van der Waals surface area contributed by atoms with Gasteiger partial charge in [-0.2, -0.15) is 5.26 Å². The average Bonchev–Trinajstić information content (AvgIpc) is 2.97. The van der Waals surface area contributed by atoms with Crippen LogP contribution in [0.1, 0.15) is 44.9 Å². The molecule has 4 aliphatic carbocycles. The van der Waals surface area contributed by atoms with E-state index in [2.05, 4.69) is 11.4 Å². The second-order valence-electron chi connectivity index (χ2n) is 8.10. The maximum atomic E-state index is 12.3. The summed E-state index contributed by atoms with van der Waals surface area (Å²) in [6.07, 6.45) is 9.07. The summed E-state index contributed by atoms with van der Waals surface area (Å²) in [5.41, 5.74) is 0. The molecule has 0 spiro atoms. The molecule has 4 saturated carbocycles. The normalized spacial score (nSPS) is 42.6. The van der Waals surface area contributed by atoms with Crippen LogP contribution >= 0.6 is 0 Å². The van der Waals surface area contributed by atoms with Crippen molar-refractivity contribution in [3.8, 4) is 6.07 Å². The zero-order chi connectivity index (χ0) is 15.1. The molecule has 5 fully saturated rings. The van der Waals surface area contributed by atoms with Crippen molar-refractivity contribution in [1.29, 1.82) is 5.26 Å². The van der Waals surface area contributed by atoms with E-state index < -0.39 is 0 Å². The first kappa shape index (κ1) is 14.5. The van der Waals surface area contributed by atoms with Crippen molar-refractivity contribution >= 4 is 5.91 Å². The fourth-order valence-electron chi connectivity index (χ4n) is 6.02. The summed E-state index contributed by atoms with van der Waals surface area (Å²) in [6.45, 7) is 2.18. The second-order valence-corrected chi connectivity index (χ2v) is 8.10. The van der Waals surface area contributed by atoms with Crippen molar-refractivity contribution in [1.82, 2.24) is 10.2 Å². The molecular weight excluding hydrogens is 274 g/mol. The second kappa shape index (κ2) is 5.85. The molecule has 4 bridgehead atoms. The highest BCUT2D eigenvalue weighted by atomic mass is 16.2. The number of nitrogens with zero attached hydrogens (tertiary/aromatic N) is 2. The highest BCUT2D eigenvalue weighted by Crippen LogP contribution is 2.56. The molecule has 1 atom stereocenters. The first-order valence-corrected chi connectivity index (χ1v) is 9.14. The number of nitrogens with one attached hydrogen (secondary N) is 1. The Labute approximate surface area is 133 Å². The standard InChI is InChI=1S/C18H27N3O/c19-9-16-2-1-3-21(16)18(22)11-20-10-17-14-5-12-4-13(7-14)8-15(17)6-12/h12-17,20H,1-8,10-11H2/t12?,13?,14?,15?,16-,17?/m0/s1. The molecule has 1 amide bonds. The Morgan fingerprint density at radius 3 is 2.45 bits per heavy atom. The van der Waals surface area contributed by atoms with Gasteiger partial charge in [0.1, 0.15) is 6.04 Å². The molecule has 0 unspecified atom stereocenters. The highest BCUT2D eigenvalue weighted by molar-refractivity contribution is 5.79. The zero-order valence-electron chi connectivity index (χ0n) is 13.3. The largest absolute Gasteiger partial charge is 0.326 e. The van der Waals surface area contributed by atoms with Gasteiger partial charge in [0.15, 0.2) is 0 Å². The molecule has 1 N–H and O–H groups in total. The molecule has 1 heterocycles. The molecular formula is C18H27N3O. The fourth-order valence-corrected chi connectivity index (χ4v) is 6.02. The minimum Gasteiger partial charge on any atom is -0.326 e. The van der Waals surface area contributed by atoms with Crippen molar-refractivity contribution < 1.29 is 4.79 Å². The number of amides is 1. The van der Waals surface area contributed by atoms with Gasteiger partial charge in [-0.3, -0.25) is 4.79 Å². The van der Waals surface area contributed by atoms with Crippen molar-refractivity contribution in [2.45, 2.75) is 51.0 Å². The SMILES string of the molecule is N#C[C@@H]1CCCN1C(=O)CNCC1C2CC3CC(C2)CC1C3. The number of likely N-dealkylation sites (tertiary alicyclic amines) is 1. The summed E-state index contributed by atoms with van der Waals surface area (Å²) < 4.78 is 0. The Bertz CT molecular complexity index is 455. The van der Waals surface area contributed by atoms with Crippen molar-refractivity contribution in [3.05, 3.63) is 0 Å². The van der Waals surface area contributed by atoms with Gasteiger partial charge in [0, 0.05) is 6.54 Å². The van der Waals surface area contributed by atoms with E-state index >= 15 is 0 Å². The van der Waals surface area contributed by atoms with Gasteiger partial charge in [-0.15, -0.1) is 0 Å². The minimum atomic E-state index is -0.185. The van der Waals surface area contributed by atoms with Crippen LogP contribution in [0.25, 0.3) is 0 Å². The monoisotopic (exact) mass is 301 g/mol. The topological polar surface area (TPSA) is 56.1 Å². The highest BCUT2D eigenvalue weighted by Gasteiger charge is 2.47. The molecule has 0 aromatic carbocycles. The summed E-state index contributed by atoms with van der Waals surface area (Å²) in [7, 11) is 0. The lowest BCUT2D eigenvalue weighted by Crippen LogP contribution is -2.49. The molecule has 0 aromatic heterocycles. The molecule has 0 radical (unpaired) electrons. The lowest BCUT2D eigenvalue weighted by molar-refractivity contribution is -0.130. The van der Waals surface area contributed by atoms with E-state index in [1.165, 1.54) is 32.1 Å². The molecule has 1 aliphatic heterocycles. The molecule has 1 saturated heterocycles. The van der Waals surface area contributed by atoms with Crippen molar-refractivity contribution in [2.75, 3.05) is 19.6 Å². The predicted molar refractivity (Wildman–Crippen MR) is 83.8 cm³/mol. The summed E-state index contributed by atoms with van der Waals surface area (Å²) in [4.78, 5) is 14.0. The first-order chi connectivity index (χ1) is 10.7. The third-order valence-corrected chi connectivity index (χ3v) is 6.80. The van der Waals surface area contributed by atoms with E-state index in [0.717, 1.165) is 55.5 Å². The van der Waals surface area contributed by atoms with E-state index in [-0.39, 0.29) is 11.9 Å². The molecule has 120 valence electrons. The van der Waals surface area contributed by atoms with Gasteiger partial charge in [0.2, 0.25) is 5.91 Å². The third kappa shape index (κ3) is 2.54. The minimum absolute atomic E-state index is 0.118. The molecule has 0 aromatic rings. The number of carbonyl (C=O) groups excluding carboxylic acids is 1. The van der Waals surface area contributed by atoms with E-state index in [4.69, 9.17) is 5.26 Å². The van der Waals surface area contributed by atoms with E-state index in [1.807, 2.05) is 0 Å². The maximum absolute atomic E-state index is 12.3. The number of hydrogen-bond donors (Lipinski definition) is 1. The molecule has 5 rings (SSSR count). The Hall–Kier alpha value is -1.08. The van der Waals surface area contributed by atoms with Crippen LogP contribution in [-0.4, -0.2) is 36.5 Å². The number of nitriles is 1. The summed E-state index contributed by atoms with van der Waals surface area (Å²) in [6, 6.07) is 2.07. The average molecular weight is 301 g/mol. The van der Waals surface area contributed by atoms with Crippen LogP contribution in [0.4, 0.5) is 0 Å². The molecule has 5 aliphatic rings. The van der Waals surface area contributed by atoms with Crippen molar-refractivity contribution in [3.63, 3.8) is 0 Å². The quantitative estimate of drug-likeness (QED) is 0.866. The summed E-state index contributed by atoms with van der Waals surface area (Å²) in [5, 5.41) is 12.5. The van der Waals surface area contributed by atoms with E-state index in [1.54, 1.807) is 4.90 Å². The maximum Gasteiger partial charge on any atom is 0.237 e. The lowest BCUT2D eigenvalue weighted by atomic mass is 9.52. The molecule has 22 heavy (non-hydrogen) atoms. The number of rotatable bonds is 4.